The number of fused-ring (bicyclic) bond motifs is 3. The van der Waals surface area contributed by atoms with E-state index in [1.165, 1.54) is 7.05 Å². The molecule has 0 radical (unpaired) electrons. The number of benzene rings is 1. The van der Waals surface area contributed by atoms with Crippen LogP contribution in [0.25, 0.3) is 0 Å². The molecular weight excluding hydrogens is 515 g/mol. The van der Waals surface area contributed by atoms with Crippen molar-refractivity contribution in [3.05, 3.63) is 45.7 Å². The van der Waals surface area contributed by atoms with Crippen molar-refractivity contribution in [3.8, 4) is 5.75 Å². The molecule has 4 atom stereocenters. The number of phenolic OH excluding ortho intramolecular Hbond substituents is 1. The molecule has 2 amide bonds. The van der Waals surface area contributed by atoms with Crippen molar-refractivity contribution >= 4 is 29.1 Å². The third-order valence-electron chi connectivity index (χ3n) is 8.30. The Balaban J connectivity index is 1.57. The molecule has 1 aromatic rings. The van der Waals surface area contributed by atoms with Crippen LogP contribution in [0.15, 0.2) is 28.7 Å². The molecule has 208 valence electrons. The zero-order valence-electron chi connectivity index (χ0n) is 21.1. The van der Waals surface area contributed by atoms with E-state index in [0.29, 0.717) is 0 Å². The Morgan fingerprint density at radius 1 is 1.21 bits per heavy atom. The van der Waals surface area contributed by atoms with Gasteiger partial charge in [-0.05, 0) is 51.7 Å². The van der Waals surface area contributed by atoms with Crippen LogP contribution in [0.2, 0.25) is 0 Å². The molecule has 0 aromatic heterocycles. The van der Waals surface area contributed by atoms with Gasteiger partial charge in [-0.2, -0.15) is 0 Å². The average molecular weight is 545 g/mol. The highest BCUT2D eigenvalue weighted by atomic mass is 19.1. The van der Waals surface area contributed by atoms with Gasteiger partial charge in [-0.25, -0.2) is 4.39 Å². The number of halogens is 1. The van der Waals surface area contributed by atoms with E-state index in [1.54, 1.807) is 0 Å². The molecule has 12 nitrogen and oxygen atoms in total. The number of ketones is 2. The van der Waals surface area contributed by atoms with E-state index < -0.39 is 86.7 Å². The lowest BCUT2D eigenvalue weighted by molar-refractivity contribution is -0.146. The number of aliphatic hydroxyl groups is 3. The number of anilines is 1. The maximum absolute atomic E-state index is 15.3. The monoisotopic (exact) mass is 544 g/mol. The van der Waals surface area contributed by atoms with Crippen LogP contribution in [0.3, 0.4) is 0 Å². The number of aromatic hydroxyl groups is 1. The summed E-state index contributed by atoms with van der Waals surface area (Å²) in [4.78, 5) is 53.2. The van der Waals surface area contributed by atoms with E-state index in [2.05, 4.69) is 10.6 Å². The normalized spacial score (nSPS) is 28.7. The molecule has 1 saturated heterocycles. The Hall–Kier alpha value is -3.81. The van der Waals surface area contributed by atoms with Crippen LogP contribution < -0.4 is 16.4 Å². The molecule has 1 heterocycles. The molecule has 8 N–H and O–H groups in total. The van der Waals surface area contributed by atoms with Crippen LogP contribution in [0, 0.1) is 17.7 Å². The second-order valence-electron chi connectivity index (χ2n) is 10.5. The van der Waals surface area contributed by atoms with Gasteiger partial charge >= 0.3 is 0 Å². The van der Waals surface area contributed by atoms with E-state index >= 15 is 4.39 Å². The van der Waals surface area contributed by atoms with Gasteiger partial charge in [0.15, 0.2) is 17.1 Å². The first kappa shape index (κ1) is 26.8. The van der Waals surface area contributed by atoms with Crippen LogP contribution >= 0.6 is 0 Å². The smallest absolute Gasteiger partial charge is 0.255 e. The summed E-state index contributed by atoms with van der Waals surface area (Å²) in [5.74, 6) is -9.72. The summed E-state index contributed by atoms with van der Waals surface area (Å²) in [5.41, 5.74) is 0.141. The van der Waals surface area contributed by atoms with Crippen molar-refractivity contribution < 1.29 is 44.0 Å². The highest BCUT2D eigenvalue weighted by molar-refractivity contribution is 6.25. The van der Waals surface area contributed by atoms with Crippen LogP contribution in [0.4, 0.5) is 10.1 Å². The molecule has 0 bridgehead atoms. The Kier molecular flexibility index (Phi) is 6.48. The van der Waals surface area contributed by atoms with Crippen LogP contribution in [-0.4, -0.2) is 87.0 Å². The average Bonchev–Trinajstić information content (AvgIpc) is 3.37. The number of amides is 2. The number of nitrogens with two attached hydrogens (primary N) is 1. The first-order valence-electron chi connectivity index (χ1n) is 12.6. The zero-order valence-corrected chi connectivity index (χ0v) is 21.1. The standard InChI is InChI=1S/C26H29FN4O8/c1-29-19-12-7-10-6-11-13(27)8-14(30-15(32)9-31-4-2-3-5-31)20(33)17(11)21(34)16(10)23(36)26(12,39)24(37)18(22(19)35)25(28)38/h8,10,12,19,29,33,35-36,39H,2-7,9H2,1H3,(H2,28,38)(H,30,32)/t10-,12-,19-,26-/m0/s1. The number of aliphatic hydroxyl groups excluding tert-OH is 2. The van der Waals surface area contributed by atoms with E-state index in [1.807, 2.05) is 4.90 Å². The number of likely N-dealkylation sites (tertiary alicyclic amines) is 1. The molecule has 3 aliphatic carbocycles. The highest BCUT2D eigenvalue weighted by Gasteiger charge is 2.62. The lowest BCUT2D eigenvalue weighted by Gasteiger charge is -2.48. The molecule has 0 unspecified atom stereocenters. The van der Waals surface area contributed by atoms with Gasteiger partial charge in [-0.1, -0.05) is 0 Å². The fourth-order valence-corrected chi connectivity index (χ4v) is 6.46. The zero-order chi connectivity index (χ0) is 28.4. The summed E-state index contributed by atoms with van der Waals surface area (Å²) in [5, 5.41) is 49.4. The molecule has 1 aromatic carbocycles. The Labute approximate surface area is 222 Å². The minimum absolute atomic E-state index is 0.0197. The van der Waals surface area contributed by atoms with Gasteiger partial charge in [0.25, 0.3) is 5.91 Å². The molecule has 1 fully saturated rings. The van der Waals surface area contributed by atoms with Gasteiger partial charge in [0.2, 0.25) is 11.7 Å². The van der Waals surface area contributed by atoms with Gasteiger partial charge in [-0.15, -0.1) is 0 Å². The summed E-state index contributed by atoms with van der Waals surface area (Å²) in [6.07, 6.45) is 1.54. The third-order valence-corrected chi connectivity index (χ3v) is 8.30. The fourth-order valence-electron chi connectivity index (χ4n) is 6.46. The summed E-state index contributed by atoms with van der Waals surface area (Å²) in [6, 6.07) is -0.271. The number of primary amides is 1. The van der Waals surface area contributed by atoms with E-state index in [0.717, 1.165) is 32.0 Å². The quantitative estimate of drug-likeness (QED) is 0.195. The molecule has 5 rings (SSSR count). The molecular formula is C26H29FN4O8. The predicted octanol–water partition coefficient (Wildman–Crippen LogP) is -0.0482. The predicted molar refractivity (Wildman–Crippen MR) is 133 cm³/mol. The van der Waals surface area contributed by atoms with Crippen molar-refractivity contribution in [1.82, 2.24) is 10.2 Å². The molecule has 0 spiro atoms. The summed E-state index contributed by atoms with van der Waals surface area (Å²) in [6.45, 7) is 1.48. The molecule has 39 heavy (non-hydrogen) atoms. The largest absolute Gasteiger partial charge is 0.510 e. The Bertz CT molecular complexity index is 1380. The SMILES string of the molecule is CN[C@@H]1C(O)=C(C(N)=O)C(=O)[C@@]2(O)C(O)=C3C(=O)c4c(O)c(NC(=O)CN5CCCC5)cc(F)c4C[C@H]3C[C@@H]12. The second-order valence-corrected chi connectivity index (χ2v) is 10.5. The van der Waals surface area contributed by atoms with Crippen LogP contribution in [0.5, 0.6) is 5.75 Å². The van der Waals surface area contributed by atoms with Gasteiger partial charge < -0.3 is 36.8 Å². The van der Waals surface area contributed by atoms with Crippen LogP contribution in [-0.2, 0) is 20.8 Å². The molecule has 1 aliphatic heterocycles. The highest BCUT2D eigenvalue weighted by Crippen LogP contribution is 2.52. The maximum atomic E-state index is 15.3. The van der Waals surface area contributed by atoms with Crippen molar-refractivity contribution in [1.29, 1.82) is 0 Å². The lowest BCUT2D eigenvalue weighted by atomic mass is 9.59. The minimum Gasteiger partial charge on any atom is -0.510 e. The number of carbonyl (C=O) groups is 4. The van der Waals surface area contributed by atoms with Crippen molar-refractivity contribution in [3.63, 3.8) is 0 Å². The van der Waals surface area contributed by atoms with Gasteiger partial charge in [0.1, 0.15) is 22.9 Å². The van der Waals surface area contributed by atoms with Crippen LogP contribution in [0.1, 0.15) is 35.2 Å². The number of hydrogen-bond acceptors (Lipinski definition) is 10. The molecule has 13 heteroatoms. The molecule has 4 aliphatic rings. The summed E-state index contributed by atoms with van der Waals surface area (Å²) >= 11 is 0. The first-order chi connectivity index (χ1) is 18.4. The second kappa shape index (κ2) is 9.43. The number of nitrogens with zero attached hydrogens (tertiary/aromatic N) is 1. The number of hydrogen-bond donors (Lipinski definition) is 7. The van der Waals surface area contributed by atoms with E-state index in [9.17, 15) is 39.6 Å². The van der Waals surface area contributed by atoms with Crippen molar-refractivity contribution in [2.75, 3.05) is 32.0 Å². The topological polar surface area (TPSA) is 203 Å². The maximum Gasteiger partial charge on any atom is 0.255 e. The summed E-state index contributed by atoms with van der Waals surface area (Å²) < 4.78 is 15.3. The number of nitrogens with one attached hydrogen (secondary N) is 2. The Morgan fingerprint density at radius 2 is 1.87 bits per heavy atom. The number of phenols is 1. The van der Waals surface area contributed by atoms with E-state index in [4.69, 9.17) is 5.73 Å². The number of rotatable bonds is 5. The Morgan fingerprint density at radius 3 is 2.49 bits per heavy atom. The number of allylic oxidation sites excluding steroid dienone is 1. The van der Waals surface area contributed by atoms with Gasteiger partial charge in [0.05, 0.1) is 23.8 Å². The third kappa shape index (κ3) is 3.91. The number of likely N-dealkylation sites (N-methyl/N-ethyl adjacent to an activating group) is 1. The minimum atomic E-state index is -2.79. The number of carbonyl (C=O) groups excluding carboxylic acids is 4. The molecule has 0 saturated carbocycles. The van der Waals surface area contributed by atoms with Gasteiger partial charge in [0, 0.05) is 23.1 Å². The summed E-state index contributed by atoms with van der Waals surface area (Å²) in [7, 11) is 1.39. The van der Waals surface area contributed by atoms with Crippen molar-refractivity contribution in [2.24, 2.45) is 17.6 Å². The van der Waals surface area contributed by atoms with Crippen molar-refractivity contribution in [2.45, 2.75) is 37.3 Å². The first-order valence-corrected chi connectivity index (χ1v) is 12.6. The van der Waals surface area contributed by atoms with E-state index in [-0.39, 0.29) is 30.6 Å². The lowest BCUT2D eigenvalue weighted by Crippen LogP contribution is -2.63. The fraction of sp³-hybridized carbons (Fsp3) is 0.462. The number of Topliss-reactive ketones (excluding diaryl/α,β-unsaturated/α-hetero) is 2. The van der Waals surface area contributed by atoms with Gasteiger partial charge in [-0.3, -0.25) is 24.1 Å².